The van der Waals surface area contributed by atoms with Crippen LogP contribution in [-0.4, -0.2) is 29.8 Å². The topological polar surface area (TPSA) is 59.0 Å². The minimum atomic E-state index is -0.448. The van der Waals surface area contributed by atoms with E-state index in [9.17, 15) is 9.59 Å². The van der Waals surface area contributed by atoms with Crippen molar-refractivity contribution in [1.82, 2.24) is 0 Å². The summed E-state index contributed by atoms with van der Waals surface area (Å²) in [7, 11) is 0. The summed E-state index contributed by atoms with van der Waals surface area (Å²) in [6.45, 7) is 6.14. The fourth-order valence-electron chi connectivity index (χ4n) is 4.45. The van der Waals surface area contributed by atoms with Crippen molar-refractivity contribution in [2.45, 2.75) is 38.5 Å². The highest BCUT2D eigenvalue weighted by Crippen LogP contribution is 2.28. The highest BCUT2D eigenvalue weighted by Gasteiger charge is 2.14. The maximum Gasteiger partial charge on any atom is 0.331 e. The molecular weight excluding hydrogens is 552 g/mol. The molecule has 0 aromatic heterocycles. The van der Waals surface area contributed by atoms with Crippen LogP contribution in [0.3, 0.4) is 0 Å². The van der Waals surface area contributed by atoms with Crippen LogP contribution in [0.4, 0.5) is 11.4 Å². The first-order valence-electron chi connectivity index (χ1n) is 13.6. The van der Waals surface area contributed by atoms with Gasteiger partial charge in [-0.1, -0.05) is 53.2 Å². The van der Waals surface area contributed by atoms with Gasteiger partial charge in [0, 0.05) is 45.9 Å². The van der Waals surface area contributed by atoms with E-state index in [0.29, 0.717) is 12.0 Å². The summed E-state index contributed by atoms with van der Waals surface area (Å²) in [5.74, 6) is 0.467. The van der Waals surface area contributed by atoms with E-state index in [0.717, 1.165) is 62.4 Å². The summed E-state index contributed by atoms with van der Waals surface area (Å²) >= 11 is 7.73. The zero-order chi connectivity index (χ0) is 29.2. The summed E-state index contributed by atoms with van der Waals surface area (Å²) in [4.78, 5) is 32.8. The minimum absolute atomic E-state index is 0.0215. The number of ketones is 1. The molecule has 4 aromatic rings. The largest absolute Gasteiger partial charge is 0.342 e. The van der Waals surface area contributed by atoms with Gasteiger partial charge in [0.1, 0.15) is 0 Å². The molecule has 0 saturated carbocycles. The predicted octanol–water partition coefficient (Wildman–Crippen LogP) is 8.88. The van der Waals surface area contributed by atoms with Crippen molar-refractivity contribution in [2.24, 2.45) is 5.16 Å². The van der Waals surface area contributed by atoms with E-state index in [1.165, 1.54) is 6.92 Å². The maximum absolute atomic E-state index is 13.0. The second kappa shape index (κ2) is 14.7. The summed E-state index contributed by atoms with van der Waals surface area (Å²) in [5.41, 5.74) is 5.99. The van der Waals surface area contributed by atoms with E-state index in [1.807, 2.05) is 104 Å². The highest BCUT2D eigenvalue weighted by molar-refractivity contribution is 7.99. The molecule has 0 spiro atoms. The third-order valence-corrected chi connectivity index (χ3v) is 7.93. The summed E-state index contributed by atoms with van der Waals surface area (Å²) in [6, 6.07) is 31.2. The average molecular weight is 585 g/mol. The lowest BCUT2D eigenvalue weighted by molar-refractivity contribution is -0.140. The van der Waals surface area contributed by atoms with Crippen molar-refractivity contribution in [1.29, 1.82) is 0 Å². The Kier molecular flexibility index (Phi) is 10.8. The fourth-order valence-corrected chi connectivity index (χ4v) is 5.43. The standard InChI is InChI=1S/C34H33ClN2O3S/c1-4-37(30-19-13-27(14-20-30)34(39)32-9-6-5-8-24(32)2)29-17-11-26(12-18-29)33(36-40-25(3)38)10-7-23-41-31-21-15-28(35)16-22-31/h5-6,8-9,11-22H,4,7,10,23H2,1-3H3/b36-33+. The summed E-state index contributed by atoms with van der Waals surface area (Å²) in [5, 5.41) is 4.88. The normalized spacial score (nSPS) is 11.3. The number of carbonyl (C=O) groups excluding carboxylic acids is 2. The van der Waals surface area contributed by atoms with Gasteiger partial charge in [-0.2, -0.15) is 0 Å². The monoisotopic (exact) mass is 584 g/mol. The number of rotatable bonds is 12. The molecule has 0 unspecified atom stereocenters. The molecule has 210 valence electrons. The third kappa shape index (κ3) is 8.32. The first kappa shape index (κ1) is 30.1. The van der Waals surface area contributed by atoms with Crippen molar-refractivity contribution in [2.75, 3.05) is 17.2 Å². The Bertz CT molecular complexity index is 1500. The molecule has 0 aliphatic carbocycles. The van der Waals surface area contributed by atoms with Gasteiger partial charge >= 0.3 is 5.97 Å². The molecule has 7 heteroatoms. The van der Waals surface area contributed by atoms with Crippen LogP contribution < -0.4 is 4.90 Å². The van der Waals surface area contributed by atoms with Gasteiger partial charge in [-0.25, -0.2) is 4.79 Å². The lowest BCUT2D eigenvalue weighted by atomic mass is 9.99. The molecule has 4 aromatic carbocycles. The first-order valence-corrected chi connectivity index (χ1v) is 14.9. The molecule has 41 heavy (non-hydrogen) atoms. The quantitative estimate of drug-likeness (QED) is 0.0415. The zero-order valence-electron chi connectivity index (χ0n) is 23.5. The first-order chi connectivity index (χ1) is 19.9. The number of carbonyl (C=O) groups is 2. The zero-order valence-corrected chi connectivity index (χ0v) is 25.0. The second-order valence-electron chi connectivity index (χ2n) is 9.51. The molecule has 5 nitrogen and oxygen atoms in total. The Hall–Kier alpha value is -3.87. The van der Waals surface area contributed by atoms with Crippen LogP contribution in [0.15, 0.2) is 107 Å². The van der Waals surface area contributed by atoms with Gasteiger partial charge in [0.15, 0.2) is 5.78 Å². The lowest BCUT2D eigenvalue weighted by Gasteiger charge is -2.24. The molecule has 0 amide bonds. The summed E-state index contributed by atoms with van der Waals surface area (Å²) < 4.78 is 0. The van der Waals surface area contributed by atoms with Crippen LogP contribution >= 0.6 is 23.4 Å². The smallest absolute Gasteiger partial charge is 0.331 e. The van der Waals surface area contributed by atoms with Gasteiger partial charge in [-0.3, -0.25) is 4.79 Å². The maximum atomic E-state index is 13.0. The predicted molar refractivity (Wildman–Crippen MR) is 170 cm³/mol. The average Bonchev–Trinajstić information content (AvgIpc) is 2.99. The molecule has 0 fully saturated rings. The SMILES string of the molecule is CCN(c1ccc(C(=O)c2ccccc2C)cc1)c1ccc(/C(CCCSc2ccc(Cl)cc2)=N/OC(C)=O)cc1. The number of hydrogen-bond acceptors (Lipinski definition) is 6. The van der Waals surface area contributed by atoms with Crippen molar-refractivity contribution in [3.8, 4) is 0 Å². The van der Waals surface area contributed by atoms with Crippen LogP contribution in [0.5, 0.6) is 0 Å². The number of halogens is 1. The molecule has 0 heterocycles. The number of aryl methyl sites for hydroxylation is 1. The number of hydrogen-bond donors (Lipinski definition) is 0. The molecule has 4 rings (SSSR count). The highest BCUT2D eigenvalue weighted by atomic mass is 35.5. The molecule has 0 saturated heterocycles. The van der Waals surface area contributed by atoms with E-state index < -0.39 is 5.97 Å². The van der Waals surface area contributed by atoms with Crippen LogP contribution in [0.25, 0.3) is 0 Å². The number of oxime groups is 1. The molecule has 0 bridgehead atoms. The number of nitrogens with zero attached hydrogens (tertiary/aromatic N) is 2. The number of thioether (sulfide) groups is 1. The molecule has 0 atom stereocenters. The van der Waals surface area contributed by atoms with Crippen LogP contribution in [0.1, 0.15) is 53.7 Å². The van der Waals surface area contributed by atoms with Crippen molar-refractivity contribution in [3.63, 3.8) is 0 Å². The van der Waals surface area contributed by atoms with E-state index in [1.54, 1.807) is 11.8 Å². The molecular formula is C34H33ClN2O3S. The molecule has 0 radical (unpaired) electrons. The Morgan fingerprint density at radius 1 is 0.854 bits per heavy atom. The summed E-state index contributed by atoms with van der Waals surface area (Å²) in [6.07, 6.45) is 1.53. The van der Waals surface area contributed by atoms with E-state index in [4.69, 9.17) is 16.4 Å². The fraction of sp³-hybridized carbons (Fsp3) is 0.206. The van der Waals surface area contributed by atoms with Crippen molar-refractivity contribution >= 4 is 52.2 Å². The number of benzene rings is 4. The number of anilines is 2. The van der Waals surface area contributed by atoms with Gasteiger partial charge < -0.3 is 9.74 Å². The Balaban J connectivity index is 1.44. The Morgan fingerprint density at radius 3 is 2.05 bits per heavy atom. The minimum Gasteiger partial charge on any atom is -0.342 e. The lowest BCUT2D eigenvalue weighted by Crippen LogP contribution is -2.16. The molecule has 0 aliphatic heterocycles. The van der Waals surface area contributed by atoms with Crippen LogP contribution in [0.2, 0.25) is 5.02 Å². The third-order valence-electron chi connectivity index (χ3n) is 6.58. The van der Waals surface area contributed by atoms with E-state index in [-0.39, 0.29) is 5.78 Å². The molecule has 0 N–H and O–H groups in total. The van der Waals surface area contributed by atoms with Gasteiger partial charge in [0.2, 0.25) is 0 Å². The molecule has 0 aliphatic rings. The Morgan fingerprint density at radius 2 is 1.46 bits per heavy atom. The van der Waals surface area contributed by atoms with Crippen LogP contribution in [0, 0.1) is 6.92 Å². The van der Waals surface area contributed by atoms with Crippen molar-refractivity contribution < 1.29 is 14.4 Å². The van der Waals surface area contributed by atoms with E-state index >= 15 is 0 Å². The van der Waals surface area contributed by atoms with Crippen LogP contribution in [-0.2, 0) is 9.63 Å². The van der Waals surface area contributed by atoms with Gasteiger partial charge in [0.25, 0.3) is 0 Å². The van der Waals surface area contributed by atoms with Gasteiger partial charge in [-0.15, -0.1) is 11.8 Å². The van der Waals surface area contributed by atoms with E-state index in [2.05, 4.69) is 17.0 Å². The second-order valence-corrected chi connectivity index (χ2v) is 11.1. The van der Waals surface area contributed by atoms with Gasteiger partial charge in [0.05, 0.1) is 5.71 Å². The van der Waals surface area contributed by atoms with Crippen molar-refractivity contribution in [3.05, 3.63) is 124 Å². The van der Waals surface area contributed by atoms with Gasteiger partial charge in [-0.05, 0) is 104 Å². The Labute approximate surface area is 251 Å².